The topological polar surface area (TPSA) is 12.0 Å². The number of nitrogens with one attached hydrogen (secondary N) is 1. The molecule has 1 N–H and O–H groups in total. The lowest BCUT2D eigenvalue weighted by atomic mass is 9.64. The lowest BCUT2D eigenvalue weighted by molar-refractivity contribution is 0.235. The van der Waals surface area contributed by atoms with E-state index in [4.69, 9.17) is 0 Å². The van der Waals surface area contributed by atoms with Gasteiger partial charge in [0.05, 0.1) is 0 Å². The number of benzene rings is 1. The molecule has 0 unspecified atom stereocenters. The third-order valence-electron chi connectivity index (χ3n) is 3.46. The van der Waals surface area contributed by atoms with Crippen LogP contribution in [0.15, 0.2) is 28.7 Å². The van der Waals surface area contributed by atoms with Gasteiger partial charge in [-0.1, -0.05) is 41.4 Å². The Labute approximate surface area is 100 Å². The van der Waals surface area contributed by atoms with Gasteiger partial charge < -0.3 is 5.32 Å². The summed E-state index contributed by atoms with van der Waals surface area (Å²) in [5, 5.41) is 3.49. The molecule has 1 saturated carbocycles. The molecule has 2 heteroatoms. The van der Waals surface area contributed by atoms with E-state index in [-0.39, 0.29) is 0 Å². The number of likely N-dealkylation sites (N-methyl/N-ethyl adjacent to an activating group) is 1. The molecule has 1 aromatic carbocycles. The Morgan fingerprint density at radius 2 is 2.20 bits per heavy atom. The van der Waals surface area contributed by atoms with E-state index in [1.54, 1.807) is 0 Å². The highest BCUT2D eigenvalue weighted by Crippen LogP contribution is 2.43. The number of halogens is 1. The second-order valence-corrected chi connectivity index (χ2v) is 5.34. The van der Waals surface area contributed by atoms with Crippen molar-refractivity contribution >= 4 is 15.9 Å². The van der Waals surface area contributed by atoms with Gasteiger partial charge in [0.1, 0.15) is 0 Å². The van der Waals surface area contributed by atoms with E-state index >= 15 is 0 Å². The highest BCUT2D eigenvalue weighted by atomic mass is 79.9. The van der Waals surface area contributed by atoms with Crippen LogP contribution in [0.3, 0.4) is 0 Å². The quantitative estimate of drug-likeness (QED) is 0.881. The van der Waals surface area contributed by atoms with Crippen LogP contribution < -0.4 is 5.32 Å². The molecule has 0 atom stereocenters. The Kier molecular flexibility index (Phi) is 3.47. The Morgan fingerprint density at radius 3 is 2.73 bits per heavy atom. The first-order valence-corrected chi connectivity index (χ1v) is 6.53. The summed E-state index contributed by atoms with van der Waals surface area (Å²) < 4.78 is 1.20. The van der Waals surface area contributed by atoms with Crippen molar-refractivity contribution in [3.8, 4) is 0 Å². The van der Waals surface area contributed by atoms with E-state index in [0.717, 1.165) is 13.1 Å². The van der Waals surface area contributed by atoms with E-state index < -0.39 is 0 Å². The van der Waals surface area contributed by atoms with Crippen molar-refractivity contribution in [1.29, 1.82) is 0 Å². The number of rotatable bonds is 4. The van der Waals surface area contributed by atoms with Gasteiger partial charge in [0, 0.05) is 16.4 Å². The van der Waals surface area contributed by atoms with Gasteiger partial charge in [0.2, 0.25) is 0 Å². The molecular weight excluding hydrogens is 250 g/mol. The first kappa shape index (κ1) is 11.2. The SMILES string of the molecule is CCNCC1(c2cccc(Br)c2)CCC1. The summed E-state index contributed by atoms with van der Waals surface area (Å²) in [6.07, 6.45) is 4.03. The average Bonchev–Trinajstić information content (AvgIpc) is 2.16. The molecule has 1 aromatic rings. The molecule has 1 nitrogen and oxygen atoms in total. The van der Waals surface area contributed by atoms with Crippen molar-refractivity contribution in [1.82, 2.24) is 5.32 Å². The van der Waals surface area contributed by atoms with Gasteiger partial charge in [0.25, 0.3) is 0 Å². The fraction of sp³-hybridized carbons (Fsp3) is 0.538. The molecule has 2 rings (SSSR count). The van der Waals surface area contributed by atoms with Crippen LogP contribution in [-0.4, -0.2) is 13.1 Å². The summed E-state index contributed by atoms with van der Waals surface area (Å²) in [5.41, 5.74) is 1.91. The van der Waals surface area contributed by atoms with Crippen LogP contribution in [0, 0.1) is 0 Å². The summed E-state index contributed by atoms with van der Waals surface area (Å²) in [7, 11) is 0. The number of hydrogen-bond donors (Lipinski definition) is 1. The van der Waals surface area contributed by atoms with Gasteiger partial charge in [-0.15, -0.1) is 0 Å². The standard InChI is InChI=1S/C13H18BrN/c1-2-15-10-13(7-4-8-13)11-5-3-6-12(14)9-11/h3,5-6,9,15H,2,4,7-8,10H2,1H3. The fourth-order valence-electron chi connectivity index (χ4n) is 2.35. The minimum Gasteiger partial charge on any atom is -0.316 e. The lowest BCUT2D eigenvalue weighted by Crippen LogP contribution is -2.43. The maximum Gasteiger partial charge on any atom is 0.0178 e. The molecule has 0 aliphatic heterocycles. The summed E-state index contributed by atoms with van der Waals surface area (Å²) in [6, 6.07) is 8.78. The molecule has 0 amide bonds. The first-order chi connectivity index (χ1) is 7.27. The van der Waals surface area contributed by atoms with Crippen LogP contribution in [0.2, 0.25) is 0 Å². The predicted molar refractivity (Wildman–Crippen MR) is 68.2 cm³/mol. The van der Waals surface area contributed by atoms with Crippen LogP contribution in [0.4, 0.5) is 0 Å². The van der Waals surface area contributed by atoms with Gasteiger partial charge in [-0.05, 0) is 37.1 Å². The van der Waals surface area contributed by atoms with Gasteiger partial charge in [-0.25, -0.2) is 0 Å². The average molecular weight is 268 g/mol. The molecule has 0 aromatic heterocycles. The molecule has 1 aliphatic rings. The van der Waals surface area contributed by atoms with Crippen molar-refractivity contribution < 1.29 is 0 Å². The third kappa shape index (κ3) is 2.26. The molecule has 0 spiro atoms. The van der Waals surface area contributed by atoms with Gasteiger partial charge in [-0.3, -0.25) is 0 Å². The van der Waals surface area contributed by atoms with Crippen molar-refractivity contribution in [3.05, 3.63) is 34.3 Å². The zero-order chi connectivity index (χ0) is 10.7. The molecule has 15 heavy (non-hydrogen) atoms. The van der Waals surface area contributed by atoms with Crippen molar-refractivity contribution in [2.45, 2.75) is 31.6 Å². The Morgan fingerprint density at radius 1 is 1.40 bits per heavy atom. The molecule has 82 valence electrons. The molecule has 0 radical (unpaired) electrons. The Hall–Kier alpha value is -0.340. The molecule has 0 heterocycles. The minimum atomic E-state index is 0.416. The van der Waals surface area contributed by atoms with E-state index in [1.807, 2.05) is 0 Å². The highest BCUT2D eigenvalue weighted by molar-refractivity contribution is 9.10. The van der Waals surface area contributed by atoms with E-state index in [2.05, 4.69) is 52.4 Å². The van der Waals surface area contributed by atoms with Gasteiger partial charge in [0.15, 0.2) is 0 Å². The maximum absolute atomic E-state index is 3.56. The minimum absolute atomic E-state index is 0.416. The summed E-state index contributed by atoms with van der Waals surface area (Å²) >= 11 is 3.56. The Bertz CT molecular complexity index is 331. The van der Waals surface area contributed by atoms with E-state index in [0.29, 0.717) is 5.41 Å². The van der Waals surface area contributed by atoms with Crippen LogP contribution in [0.1, 0.15) is 31.7 Å². The Balaban J connectivity index is 2.18. The van der Waals surface area contributed by atoms with E-state index in [1.165, 1.54) is 29.3 Å². The summed E-state index contributed by atoms with van der Waals surface area (Å²) in [4.78, 5) is 0. The second-order valence-electron chi connectivity index (χ2n) is 4.42. The maximum atomic E-state index is 3.56. The summed E-state index contributed by atoms with van der Waals surface area (Å²) in [5.74, 6) is 0. The molecule has 1 aliphatic carbocycles. The monoisotopic (exact) mass is 267 g/mol. The molecule has 0 saturated heterocycles. The third-order valence-corrected chi connectivity index (χ3v) is 3.95. The zero-order valence-electron chi connectivity index (χ0n) is 9.22. The van der Waals surface area contributed by atoms with Crippen LogP contribution in [0.5, 0.6) is 0 Å². The van der Waals surface area contributed by atoms with E-state index in [9.17, 15) is 0 Å². The van der Waals surface area contributed by atoms with Crippen molar-refractivity contribution in [3.63, 3.8) is 0 Å². The van der Waals surface area contributed by atoms with Crippen LogP contribution >= 0.6 is 15.9 Å². The molecule has 1 fully saturated rings. The van der Waals surface area contributed by atoms with Crippen molar-refractivity contribution in [2.75, 3.05) is 13.1 Å². The zero-order valence-corrected chi connectivity index (χ0v) is 10.8. The second kappa shape index (κ2) is 4.67. The highest BCUT2D eigenvalue weighted by Gasteiger charge is 2.37. The predicted octanol–water partition coefficient (Wildman–Crippen LogP) is 3.48. The fourth-order valence-corrected chi connectivity index (χ4v) is 2.75. The summed E-state index contributed by atoms with van der Waals surface area (Å²) in [6.45, 7) is 4.36. The molecular formula is C13H18BrN. The normalized spacial score (nSPS) is 18.5. The van der Waals surface area contributed by atoms with Crippen molar-refractivity contribution in [2.24, 2.45) is 0 Å². The van der Waals surface area contributed by atoms with Crippen LogP contribution in [0.25, 0.3) is 0 Å². The number of hydrogen-bond acceptors (Lipinski definition) is 1. The lowest BCUT2D eigenvalue weighted by Gasteiger charge is -2.43. The van der Waals surface area contributed by atoms with Gasteiger partial charge in [-0.2, -0.15) is 0 Å². The largest absolute Gasteiger partial charge is 0.316 e. The first-order valence-electron chi connectivity index (χ1n) is 5.74. The van der Waals surface area contributed by atoms with Crippen LogP contribution in [-0.2, 0) is 5.41 Å². The van der Waals surface area contributed by atoms with Gasteiger partial charge >= 0.3 is 0 Å². The smallest absolute Gasteiger partial charge is 0.0178 e. The molecule has 0 bridgehead atoms.